The second-order valence-corrected chi connectivity index (χ2v) is 3.84. The molecule has 0 saturated carbocycles. The highest BCUT2D eigenvalue weighted by Crippen LogP contribution is 2.27. The third kappa shape index (κ3) is 3.70. The van der Waals surface area contributed by atoms with Gasteiger partial charge in [0.25, 0.3) is 0 Å². The molecule has 0 N–H and O–H groups in total. The first-order valence-corrected chi connectivity index (χ1v) is 5.04. The molecule has 1 aromatic rings. The van der Waals surface area contributed by atoms with Crippen LogP contribution in [0, 0.1) is 0 Å². The summed E-state index contributed by atoms with van der Waals surface area (Å²) in [6, 6.07) is 3.86. The number of halogens is 4. The van der Waals surface area contributed by atoms with Gasteiger partial charge in [-0.1, -0.05) is 13.0 Å². The van der Waals surface area contributed by atoms with Gasteiger partial charge in [0.1, 0.15) is 5.69 Å². The fourth-order valence-corrected chi connectivity index (χ4v) is 1.28. The van der Waals surface area contributed by atoms with Crippen molar-refractivity contribution in [3.63, 3.8) is 0 Å². The Morgan fingerprint density at radius 1 is 1.40 bits per heavy atom. The summed E-state index contributed by atoms with van der Waals surface area (Å²) in [4.78, 5) is 3.52. The minimum Gasteiger partial charge on any atom is -0.248 e. The lowest BCUT2D eigenvalue weighted by molar-refractivity contribution is -0.141. The standard InChI is InChI=1S/C10H11ClF3N/c1-2-7(11)6-8-4-3-5-9(15-8)10(12,13)14/h3-5,7H,2,6H2,1H3. The van der Waals surface area contributed by atoms with E-state index in [4.69, 9.17) is 11.6 Å². The Bertz CT molecular complexity index is 325. The van der Waals surface area contributed by atoms with Gasteiger partial charge in [0.05, 0.1) is 0 Å². The molecule has 0 bridgehead atoms. The van der Waals surface area contributed by atoms with Gasteiger partial charge in [-0.3, -0.25) is 0 Å². The van der Waals surface area contributed by atoms with Crippen LogP contribution >= 0.6 is 11.6 Å². The SMILES string of the molecule is CCC(Cl)Cc1cccc(C(F)(F)F)n1. The molecule has 0 spiro atoms. The van der Waals surface area contributed by atoms with E-state index in [1.54, 1.807) is 6.07 Å². The molecular weight excluding hydrogens is 227 g/mol. The largest absolute Gasteiger partial charge is 0.433 e. The number of alkyl halides is 4. The second-order valence-electron chi connectivity index (χ2n) is 3.22. The molecule has 0 aliphatic carbocycles. The number of hydrogen-bond acceptors (Lipinski definition) is 1. The van der Waals surface area contributed by atoms with Crippen molar-refractivity contribution in [2.75, 3.05) is 0 Å². The summed E-state index contributed by atoms with van der Waals surface area (Å²) in [5, 5.41) is -0.166. The molecule has 0 aromatic carbocycles. The fraction of sp³-hybridized carbons (Fsp3) is 0.500. The summed E-state index contributed by atoms with van der Waals surface area (Å²) in [6.07, 6.45) is -3.31. The van der Waals surface area contributed by atoms with E-state index >= 15 is 0 Å². The molecule has 1 heterocycles. The van der Waals surface area contributed by atoms with Crippen LogP contribution in [-0.4, -0.2) is 10.4 Å². The number of aromatic nitrogens is 1. The van der Waals surface area contributed by atoms with E-state index in [1.165, 1.54) is 6.07 Å². The maximum absolute atomic E-state index is 12.3. The molecule has 0 aliphatic heterocycles. The maximum Gasteiger partial charge on any atom is 0.433 e. The fourth-order valence-electron chi connectivity index (χ4n) is 1.12. The first-order chi connectivity index (χ1) is 6.93. The first-order valence-electron chi connectivity index (χ1n) is 4.60. The van der Waals surface area contributed by atoms with Crippen molar-refractivity contribution in [3.05, 3.63) is 29.6 Å². The van der Waals surface area contributed by atoms with E-state index in [2.05, 4.69) is 4.98 Å². The molecule has 5 heteroatoms. The predicted octanol–water partition coefficient (Wildman–Crippen LogP) is 3.66. The van der Waals surface area contributed by atoms with Gasteiger partial charge in [0, 0.05) is 17.5 Å². The summed E-state index contributed by atoms with van der Waals surface area (Å²) >= 11 is 5.85. The van der Waals surface area contributed by atoms with Crippen LogP contribution in [0.4, 0.5) is 13.2 Å². The predicted molar refractivity (Wildman–Crippen MR) is 52.9 cm³/mol. The van der Waals surface area contributed by atoms with E-state index < -0.39 is 11.9 Å². The molecule has 1 nitrogen and oxygen atoms in total. The summed E-state index contributed by atoms with van der Waals surface area (Å²) in [5.74, 6) is 0. The topological polar surface area (TPSA) is 12.9 Å². The van der Waals surface area contributed by atoms with Crippen LogP contribution in [0.5, 0.6) is 0 Å². The maximum atomic E-state index is 12.3. The lowest BCUT2D eigenvalue weighted by atomic mass is 10.1. The smallest absolute Gasteiger partial charge is 0.248 e. The lowest BCUT2D eigenvalue weighted by Gasteiger charge is -2.09. The van der Waals surface area contributed by atoms with E-state index in [0.717, 1.165) is 6.07 Å². The van der Waals surface area contributed by atoms with Gasteiger partial charge in [0.15, 0.2) is 0 Å². The Morgan fingerprint density at radius 3 is 2.60 bits per heavy atom. The average molecular weight is 238 g/mol. The van der Waals surface area contributed by atoms with Crippen molar-refractivity contribution in [1.29, 1.82) is 0 Å². The molecular formula is C10H11ClF3N. The number of rotatable bonds is 3. The summed E-state index contributed by atoms with van der Waals surface area (Å²) < 4.78 is 36.9. The molecule has 84 valence electrons. The van der Waals surface area contributed by atoms with E-state index in [9.17, 15) is 13.2 Å². The monoisotopic (exact) mass is 237 g/mol. The third-order valence-corrected chi connectivity index (χ3v) is 2.43. The minimum absolute atomic E-state index is 0.166. The Balaban J connectivity index is 2.84. The zero-order valence-electron chi connectivity index (χ0n) is 8.18. The van der Waals surface area contributed by atoms with Gasteiger partial charge in [0.2, 0.25) is 0 Å². The zero-order valence-corrected chi connectivity index (χ0v) is 8.94. The van der Waals surface area contributed by atoms with Crippen molar-refractivity contribution < 1.29 is 13.2 Å². The van der Waals surface area contributed by atoms with Crippen LogP contribution in [0.2, 0.25) is 0 Å². The Labute approximate surface area is 91.3 Å². The molecule has 15 heavy (non-hydrogen) atoms. The molecule has 0 amide bonds. The molecule has 0 fully saturated rings. The number of pyridine rings is 1. The van der Waals surface area contributed by atoms with Gasteiger partial charge in [-0.15, -0.1) is 11.6 Å². The third-order valence-electron chi connectivity index (χ3n) is 1.97. The van der Waals surface area contributed by atoms with Crippen molar-refractivity contribution in [3.8, 4) is 0 Å². The lowest BCUT2D eigenvalue weighted by Crippen LogP contribution is -2.11. The average Bonchev–Trinajstić information content (AvgIpc) is 2.17. The van der Waals surface area contributed by atoms with Crippen LogP contribution in [-0.2, 0) is 12.6 Å². The Hall–Kier alpha value is -0.770. The highest BCUT2D eigenvalue weighted by Gasteiger charge is 2.32. The summed E-state index contributed by atoms with van der Waals surface area (Å²) in [6.45, 7) is 1.88. The van der Waals surface area contributed by atoms with E-state index in [1.807, 2.05) is 6.92 Å². The molecule has 1 aromatic heterocycles. The first kappa shape index (κ1) is 12.3. The van der Waals surface area contributed by atoms with Gasteiger partial charge >= 0.3 is 6.18 Å². The molecule has 1 atom stereocenters. The van der Waals surface area contributed by atoms with Crippen molar-refractivity contribution in [2.24, 2.45) is 0 Å². The molecule has 0 aliphatic rings. The van der Waals surface area contributed by atoms with Crippen molar-refractivity contribution >= 4 is 11.6 Å². The number of nitrogens with zero attached hydrogens (tertiary/aromatic N) is 1. The Morgan fingerprint density at radius 2 is 2.07 bits per heavy atom. The van der Waals surface area contributed by atoms with E-state index in [-0.39, 0.29) is 5.38 Å². The Kier molecular flexibility index (Phi) is 3.97. The highest BCUT2D eigenvalue weighted by molar-refractivity contribution is 6.20. The summed E-state index contributed by atoms with van der Waals surface area (Å²) in [5.41, 5.74) is -0.480. The van der Waals surface area contributed by atoms with Crippen LogP contribution in [0.25, 0.3) is 0 Å². The van der Waals surface area contributed by atoms with Gasteiger partial charge in [-0.05, 0) is 18.6 Å². The van der Waals surface area contributed by atoms with E-state index in [0.29, 0.717) is 18.5 Å². The number of hydrogen-bond donors (Lipinski definition) is 0. The normalized spacial score (nSPS) is 13.9. The quantitative estimate of drug-likeness (QED) is 0.731. The zero-order chi connectivity index (χ0) is 11.5. The molecule has 1 rings (SSSR count). The minimum atomic E-state index is -4.38. The summed E-state index contributed by atoms with van der Waals surface area (Å²) in [7, 11) is 0. The molecule has 0 radical (unpaired) electrons. The highest BCUT2D eigenvalue weighted by atomic mass is 35.5. The molecule has 0 saturated heterocycles. The molecule has 1 unspecified atom stereocenters. The van der Waals surface area contributed by atoms with Crippen LogP contribution < -0.4 is 0 Å². The van der Waals surface area contributed by atoms with Crippen LogP contribution in [0.1, 0.15) is 24.7 Å². The van der Waals surface area contributed by atoms with Crippen molar-refractivity contribution in [1.82, 2.24) is 4.98 Å². The van der Waals surface area contributed by atoms with Gasteiger partial charge in [-0.2, -0.15) is 13.2 Å². The van der Waals surface area contributed by atoms with Crippen molar-refractivity contribution in [2.45, 2.75) is 31.3 Å². The van der Waals surface area contributed by atoms with Gasteiger partial charge in [-0.25, -0.2) is 4.98 Å². The van der Waals surface area contributed by atoms with Crippen LogP contribution in [0.3, 0.4) is 0 Å². The van der Waals surface area contributed by atoms with Crippen LogP contribution in [0.15, 0.2) is 18.2 Å². The van der Waals surface area contributed by atoms with Gasteiger partial charge < -0.3 is 0 Å². The second kappa shape index (κ2) is 4.84.